The minimum absolute atomic E-state index is 0.119. The number of hydrogen-bond donors (Lipinski definition) is 2. The lowest BCUT2D eigenvalue weighted by Gasteiger charge is -2.30. The minimum Gasteiger partial charge on any atom is -0.489 e. The summed E-state index contributed by atoms with van der Waals surface area (Å²) < 4.78 is 6.04. The third kappa shape index (κ3) is 6.23. The first-order valence-electron chi connectivity index (χ1n) is 9.96. The molecule has 0 amide bonds. The molecule has 2 aromatic heterocycles. The lowest BCUT2D eigenvalue weighted by atomic mass is 9.92. The van der Waals surface area contributed by atoms with Crippen LogP contribution < -0.4 is 10.1 Å². The van der Waals surface area contributed by atoms with E-state index in [0.717, 1.165) is 42.0 Å². The summed E-state index contributed by atoms with van der Waals surface area (Å²) in [6, 6.07) is 6.01. The molecule has 0 radical (unpaired) electrons. The van der Waals surface area contributed by atoms with Gasteiger partial charge in [-0.25, -0.2) is 4.79 Å². The van der Waals surface area contributed by atoms with E-state index in [1.54, 1.807) is 6.20 Å². The van der Waals surface area contributed by atoms with Crippen molar-refractivity contribution in [2.45, 2.75) is 65.5 Å². The zero-order valence-electron chi connectivity index (χ0n) is 17.4. The Balaban J connectivity index is 1.60. The van der Waals surface area contributed by atoms with Crippen molar-refractivity contribution in [3.63, 3.8) is 0 Å². The quantitative estimate of drug-likeness (QED) is 0.648. The molecular weight excluding hydrogens is 384 g/mol. The second kappa shape index (κ2) is 8.87. The van der Waals surface area contributed by atoms with Crippen LogP contribution in [0.3, 0.4) is 0 Å². The van der Waals surface area contributed by atoms with Crippen LogP contribution in [0.2, 0.25) is 0 Å². The van der Waals surface area contributed by atoms with Crippen molar-refractivity contribution in [2.75, 3.05) is 5.32 Å². The van der Waals surface area contributed by atoms with Crippen LogP contribution in [0.25, 0.3) is 0 Å². The van der Waals surface area contributed by atoms with Crippen molar-refractivity contribution in [3.05, 3.63) is 39.8 Å². The van der Waals surface area contributed by atoms with Gasteiger partial charge in [-0.05, 0) is 71.6 Å². The molecule has 1 fully saturated rings. The van der Waals surface area contributed by atoms with Gasteiger partial charge >= 0.3 is 5.97 Å². The molecule has 2 aromatic rings. The molecule has 1 aliphatic rings. The van der Waals surface area contributed by atoms with Crippen LogP contribution >= 0.6 is 11.3 Å². The van der Waals surface area contributed by atoms with Crippen LogP contribution in [-0.2, 0) is 0 Å². The van der Waals surface area contributed by atoms with E-state index in [9.17, 15) is 9.90 Å². The predicted molar refractivity (Wildman–Crippen MR) is 117 cm³/mol. The first-order valence-corrected chi connectivity index (χ1v) is 10.8. The van der Waals surface area contributed by atoms with Gasteiger partial charge in [-0.15, -0.1) is 11.3 Å². The lowest BCUT2D eigenvalue weighted by molar-refractivity contribution is 0.0703. The molecule has 0 bridgehead atoms. The number of carboxylic acid groups (broad SMARTS) is 1. The monoisotopic (exact) mass is 412 g/mol. The number of ether oxygens (including phenoxy) is 1. The zero-order chi connectivity index (χ0) is 21.0. The maximum absolute atomic E-state index is 11.7. The van der Waals surface area contributed by atoms with Gasteiger partial charge in [0, 0.05) is 17.2 Å². The fourth-order valence-electron chi connectivity index (χ4n) is 3.23. The number of carbonyl (C=O) groups is 1. The van der Waals surface area contributed by atoms with E-state index >= 15 is 0 Å². The zero-order valence-corrected chi connectivity index (χ0v) is 18.2. The fraction of sp³-hybridized carbons (Fsp3) is 0.478. The topological polar surface area (TPSA) is 71.5 Å². The fourth-order valence-corrected chi connectivity index (χ4v) is 4.04. The van der Waals surface area contributed by atoms with Gasteiger partial charge in [-0.2, -0.15) is 0 Å². The molecule has 0 aromatic carbocycles. The van der Waals surface area contributed by atoms with Gasteiger partial charge in [0.2, 0.25) is 0 Å². The van der Waals surface area contributed by atoms with Crippen molar-refractivity contribution in [2.24, 2.45) is 5.41 Å². The molecule has 2 heterocycles. The summed E-state index contributed by atoms with van der Waals surface area (Å²) in [7, 11) is 0. The second-order valence-electron chi connectivity index (χ2n) is 8.53. The highest BCUT2D eigenvalue weighted by Crippen LogP contribution is 2.31. The summed E-state index contributed by atoms with van der Waals surface area (Å²) in [5.74, 6) is 6.18. The highest BCUT2D eigenvalue weighted by Gasteiger charge is 2.25. The highest BCUT2D eigenvalue weighted by atomic mass is 32.1. The van der Waals surface area contributed by atoms with Crippen molar-refractivity contribution in [1.82, 2.24) is 4.98 Å². The Bertz CT molecular complexity index is 908. The van der Waals surface area contributed by atoms with Crippen LogP contribution in [0.1, 0.15) is 66.7 Å². The number of anilines is 1. The summed E-state index contributed by atoms with van der Waals surface area (Å²) in [5, 5.41) is 13.0. The molecule has 0 atom stereocenters. The molecular formula is C23H28N2O3S. The highest BCUT2D eigenvalue weighted by molar-refractivity contribution is 7.15. The first kappa shape index (κ1) is 21.2. The van der Waals surface area contributed by atoms with Crippen molar-refractivity contribution < 1.29 is 14.6 Å². The Morgan fingerprint density at radius 2 is 2.00 bits per heavy atom. The normalized spacial score (nSPS) is 19.2. The average molecular weight is 413 g/mol. The van der Waals surface area contributed by atoms with Crippen LogP contribution in [0.5, 0.6) is 5.75 Å². The van der Waals surface area contributed by atoms with Gasteiger partial charge in [0.1, 0.15) is 10.6 Å². The Hall–Kier alpha value is -2.52. The Morgan fingerprint density at radius 3 is 2.59 bits per heavy atom. The predicted octanol–water partition coefficient (Wildman–Crippen LogP) is 5.35. The van der Waals surface area contributed by atoms with Crippen LogP contribution in [0.15, 0.2) is 24.4 Å². The van der Waals surface area contributed by atoms with Crippen molar-refractivity contribution in [1.29, 1.82) is 0 Å². The van der Waals surface area contributed by atoms with Crippen LogP contribution in [0, 0.1) is 24.2 Å². The second-order valence-corrected chi connectivity index (χ2v) is 9.58. The van der Waals surface area contributed by atoms with E-state index in [2.05, 4.69) is 22.1 Å². The number of aromatic carboxylic acids is 1. The van der Waals surface area contributed by atoms with E-state index in [4.69, 9.17) is 4.74 Å². The van der Waals surface area contributed by atoms with Gasteiger partial charge in [-0.3, -0.25) is 4.98 Å². The number of aromatic nitrogens is 1. The largest absolute Gasteiger partial charge is 0.489 e. The van der Waals surface area contributed by atoms with E-state index in [0.29, 0.717) is 10.6 Å². The lowest BCUT2D eigenvalue weighted by Crippen LogP contribution is -2.31. The van der Waals surface area contributed by atoms with Gasteiger partial charge < -0.3 is 15.2 Å². The molecule has 3 rings (SSSR count). The van der Waals surface area contributed by atoms with Crippen LogP contribution in [0.4, 0.5) is 5.69 Å². The van der Waals surface area contributed by atoms with Gasteiger partial charge in [0.05, 0.1) is 22.9 Å². The van der Waals surface area contributed by atoms with Gasteiger partial charge in [-0.1, -0.05) is 11.8 Å². The molecule has 5 nitrogen and oxygen atoms in total. The van der Waals surface area contributed by atoms with Crippen molar-refractivity contribution in [3.8, 4) is 17.6 Å². The molecule has 0 spiro atoms. The van der Waals surface area contributed by atoms with Gasteiger partial charge in [0.15, 0.2) is 0 Å². The summed E-state index contributed by atoms with van der Waals surface area (Å²) in [6.45, 7) is 8.07. The molecule has 0 aliphatic heterocycles. The molecule has 6 heteroatoms. The number of nitrogens with zero attached hydrogens (tertiary/aromatic N) is 1. The van der Waals surface area contributed by atoms with Crippen molar-refractivity contribution >= 4 is 23.0 Å². The summed E-state index contributed by atoms with van der Waals surface area (Å²) >= 11 is 1.23. The number of aryl methyl sites for hydroxylation is 1. The molecule has 2 N–H and O–H groups in total. The molecule has 0 saturated heterocycles. The summed E-state index contributed by atoms with van der Waals surface area (Å²) in [4.78, 5) is 17.0. The number of pyridine rings is 1. The third-order valence-electron chi connectivity index (χ3n) is 4.71. The SMILES string of the molecule is Cc1ccc(OC2CCC(Nc3cc(C#CC(C)(C)C)sc3C(=O)O)CC2)cn1. The van der Waals surface area contributed by atoms with Crippen LogP contribution in [-0.4, -0.2) is 28.2 Å². The molecule has 1 saturated carbocycles. The Labute approximate surface area is 176 Å². The first-order chi connectivity index (χ1) is 13.7. The third-order valence-corrected chi connectivity index (χ3v) is 5.75. The maximum Gasteiger partial charge on any atom is 0.348 e. The molecule has 29 heavy (non-hydrogen) atoms. The number of thiophene rings is 1. The van der Waals surface area contributed by atoms with Gasteiger partial charge in [0.25, 0.3) is 0 Å². The number of rotatable bonds is 5. The standard InChI is InChI=1S/C23H28N2O3S/c1-15-5-8-18(14-24-15)28-17-9-6-16(7-10-17)25-20-13-19(11-12-23(2,3)4)29-21(20)22(26)27/h5,8,13-14,16-17,25H,6-7,9-10H2,1-4H3,(H,26,27). The Kier molecular flexibility index (Phi) is 6.49. The Morgan fingerprint density at radius 1 is 1.28 bits per heavy atom. The number of carboxylic acids is 1. The summed E-state index contributed by atoms with van der Waals surface area (Å²) in [5.41, 5.74) is 1.53. The van der Waals surface area contributed by atoms with E-state index in [1.807, 2.05) is 45.9 Å². The van der Waals surface area contributed by atoms with E-state index < -0.39 is 5.97 Å². The molecule has 154 valence electrons. The molecule has 1 aliphatic carbocycles. The minimum atomic E-state index is -0.912. The smallest absolute Gasteiger partial charge is 0.348 e. The number of hydrogen-bond acceptors (Lipinski definition) is 5. The van der Waals surface area contributed by atoms with E-state index in [-0.39, 0.29) is 17.6 Å². The average Bonchev–Trinajstić information content (AvgIpc) is 3.06. The maximum atomic E-state index is 11.7. The number of nitrogens with one attached hydrogen (secondary N) is 1. The molecule has 0 unspecified atom stereocenters. The summed E-state index contributed by atoms with van der Waals surface area (Å²) in [6.07, 6.45) is 5.66. The van der Waals surface area contributed by atoms with E-state index in [1.165, 1.54) is 11.3 Å².